The Balaban J connectivity index is 1.76. The fraction of sp³-hybridized carbons (Fsp3) is 0.462. The van der Waals surface area contributed by atoms with E-state index in [0.717, 1.165) is 54.1 Å². The summed E-state index contributed by atoms with van der Waals surface area (Å²) in [5, 5.41) is 4.32. The van der Waals surface area contributed by atoms with E-state index in [2.05, 4.69) is 18.3 Å². The third kappa shape index (κ3) is 4.39. The highest BCUT2D eigenvalue weighted by atomic mass is 32.1. The summed E-state index contributed by atoms with van der Waals surface area (Å²) in [6.07, 6.45) is 8.72. The van der Waals surface area contributed by atoms with Crippen LogP contribution in [0.15, 0.2) is 30.0 Å². The van der Waals surface area contributed by atoms with Crippen molar-refractivity contribution in [2.75, 3.05) is 13.1 Å². The van der Waals surface area contributed by atoms with E-state index in [1.165, 1.54) is 9.80 Å². The third-order valence-corrected chi connectivity index (χ3v) is 7.21. The zero-order valence-electron chi connectivity index (χ0n) is 20.1. The second-order valence-corrected chi connectivity index (χ2v) is 9.23. The van der Waals surface area contributed by atoms with Gasteiger partial charge in [-0.15, -0.1) is 0 Å². The second-order valence-electron chi connectivity index (χ2n) is 8.87. The molecule has 180 valence electrons. The van der Waals surface area contributed by atoms with E-state index >= 15 is 0 Å². The summed E-state index contributed by atoms with van der Waals surface area (Å²) >= 11 is 5.37. The highest BCUT2D eigenvalue weighted by Crippen LogP contribution is 2.29. The highest BCUT2D eigenvalue weighted by molar-refractivity contribution is 7.80. The Labute approximate surface area is 205 Å². The molecule has 1 saturated heterocycles. The normalized spacial score (nSPS) is 17.3. The molecule has 8 heteroatoms. The molecule has 0 spiro atoms. The summed E-state index contributed by atoms with van der Waals surface area (Å²) in [5.74, 6) is -0.777. The monoisotopic (exact) mass is 480 g/mol. The molecule has 2 heterocycles. The van der Waals surface area contributed by atoms with Crippen LogP contribution < -0.4 is 5.32 Å². The smallest absolute Gasteiger partial charge is 0.265 e. The molecular weight excluding hydrogens is 448 g/mol. The Kier molecular flexibility index (Phi) is 7.16. The summed E-state index contributed by atoms with van der Waals surface area (Å²) < 4.78 is 1.95. The van der Waals surface area contributed by atoms with Crippen LogP contribution in [0.2, 0.25) is 0 Å². The van der Waals surface area contributed by atoms with Gasteiger partial charge in [0.05, 0.1) is 5.52 Å². The molecule has 34 heavy (non-hydrogen) atoms. The van der Waals surface area contributed by atoms with Crippen molar-refractivity contribution in [3.8, 4) is 0 Å². The van der Waals surface area contributed by atoms with Gasteiger partial charge in [-0.1, -0.05) is 38.0 Å². The quantitative estimate of drug-likeness (QED) is 0.373. The van der Waals surface area contributed by atoms with Crippen LogP contribution in [-0.4, -0.2) is 56.3 Å². The minimum atomic E-state index is -0.381. The van der Waals surface area contributed by atoms with Gasteiger partial charge in [0.2, 0.25) is 5.91 Å². The molecule has 1 saturated carbocycles. The van der Waals surface area contributed by atoms with Crippen LogP contribution in [0.4, 0.5) is 0 Å². The lowest BCUT2D eigenvalue weighted by Crippen LogP contribution is -2.55. The molecular formula is C26H32N4O3S. The number of thiocarbonyl (C=S) groups is 1. The zero-order chi connectivity index (χ0) is 24.4. The van der Waals surface area contributed by atoms with E-state index in [1.807, 2.05) is 36.7 Å². The fourth-order valence-electron chi connectivity index (χ4n) is 5.03. The van der Waals surface area contributed by atoms with Crippen LogP contribution in [0.5, 0.6) is 0 Å². The lowest BCUT2D eigenvalue weighted by Gasteiger charge is -2.35. The van der Waals surface area contributed by atoms with Crippen molar-refractivity contribution >= 4 is 52.0 Å². The van der Waals surface area contributed by atoms with Crippen LogP contribution in [0.1, 0.15) is 57.6 Å². The Bertz CT molecular complexity index is 1150. The molecule has 1 aliphatic heterocycles. The van der Waals surface area contributed by atoms with E-state index in [1.54, 1.807) is 6.08 Å². The number of rotatable bonds is 7. The van der Waals surface area contributed by atoms with E-state index in [-0.39, 0.29) is 41.0 Å². The summed E-state index contributed by atoms with van der Waals surface area (Å²) in [7, 11) is 0. The van der Waals surface area contributed by atoms with Gasteiger partial charge in [0, 0.05) is 36.3 Å². The SMILES string of the molecule is CCc1cccc2c(C=C3C(=O)N(CC)C(=S)N(CC)C3=O)cn(CC(=O)NC3CCCC3)c12. The topological polar surface area (TPSA) is 74.7 Å². The van der Waals surface area contributed by atoms with Gasteiger partial charge in [0.25, 0.3) is 11.8 Å². The molecule has 4 rings (SSSR count). The van der Waals surface area contributed by atoms with E-state index in [9.17, 15) is 14.4 Å². The van der Waals surface area contributed by atoms with Crippen molar-refractivity contribution in [2.24, 2.45) is 0 Å². The van der Waals surface area contributed by atoms with Crippen molar-refractivity contribution in [1.82, 2.24) is 19.7 Å². The van der Waals surface area contributed by atoms with Crippen LogP contribution in [0.25, 0.3) is 17.0 Å². The molecule has 7 nitrogen and oxygen atoms in total. The van der Waals surface area contributed by atoms with E-state index in [4.69, 9.17) is 12.2 Å². The predicted molar refractivity (Wildman–Crippen MR) is 137 cm³/mol. The molecule has 2 aromatic rings. The molecule has 0 bridgehead atoms. The van der Waals surface area contributed by atoms with Gasteiger partial charge in [-0.25, -0.2) is 0 Å². The summed E-state index contributed by atoms with van der Waals surface area (Å²) in [5.41, 5.74) is 2.91. The van der Waals surface area contributed by atoms with Crippen molar-refractivity contribution in [2.45, 2.75) is 65.5 Å². The predicted octanol–water partition coefficient (Wildman–Crippen LogP) is 3.64. The van der Waals surface area contributed by atoms with E-state index in [0.29, 0.717) is 13.1 Å². The number of carbonyl (C=O) groups excluding carboxylic acids is 3. The van der Waals surface area contributed by atoms with Gasteiger partial charge in [-0.05, 0) is 57.0 Å². The number of fused-ring (bicyclic) bond motifs is 1. The minimum absolute atomic E-state index is 0.0154. The summed E-state index contributed by atoms with van der Waals surface area (Å²) in [4.78, 5) is 42.0. The van der Waals surface area contributed by atoms with Gasteiger partial charge < -0.3 is 9.88 Å². The average Bonchev–Trinajstić information content (AvgIpc) is 3.45. The molecule has 0 radical (unpaired) electrons. The first-order valence-corrected chi connectivity index (χ1v) is 12.6. The Hall–Kier alpha value is -3.00. The largest absolute Gasteiger partial charge is 0.352 e. The molecule has 1 aliphatic carbocycles. The molecule has 1 aromatic carbocycles. The standard InChI is InChI=1S/C26H32N4O3S/c1-4-17-10-9-13-20-18(14-21-24(32)29(5-2)26(34)30(6-3)25(21)33)15-28(23(17)20)16-22(31)27-19-11-7-8-12-19/h9-10,13-15,19H,4-8,11-12,16H2,1-3H3,(H,27,31). The highest BCUT2D eigenvalue weighted by Gasteiger charge is 2.38. The number of hydrogen-bond acceptors (Lipinski definition) is 4. The lowest BCUT2D eigenvalue weighted by molar-refractivity contribution is -0.133. The first-order valence-electron chi connectivity index (χ1n) is 12.2. The third-order valence-electron chi connectivity index (χ3n) is 6.77. The number of likely N-dealkylation sites (N-methyl/N-ethyl adjacent to an activating group) is 2. The Morgan fingerprint density at radius 3 is 2.32 bits per heavy atom. The molecule has 0 atom stereocenters. The number of hydrogen-bond donors (Lipinski definition) is 1. The maximum atomic E-state index is 13.1. The van der Waals surface area contributed by atoms with Crippen LogP contribution in [0, 0.1) is 0 Å². The number of carbonyl (C=O) groups is 3. The Morgan fingerprint density at radius 1 is 1.09 bits per heavy atom. The minimum Gasteiger partial charge on any atom is -0.352 e. The van der Waals surface area contributed by atoms with Gasteiger partial charge in [0.15, 0.2) is 5.11 Å². The number of para-hydroxylation sites is 1. The molecule has 0 unspecified atom stereocenters. The maximum absolute atomic E-state index is 13.1. The van der Waals surface area contributed by atoms with Gasteiger partial charge in [-0.2, -0.15) is 0 Å². The zero-order valence-corrected chi connectivity index (χ0v) is 20.9. The summed E-state index contributed by atoms with van der Waals surface area (Å²) in [6.45, 7) is 6.74. The van der Waals surface area contributed by atoms with Gasteiger partial charge in [-0.3, -0.25) is 24.2 Å². The van der Waals surface area contributed by atoms with E-state index < -0.39 is 0 Å². The summed E-state index contributed by atoms with van der Waals surface area (Å²) in [6, 6.07) is 6.26. The first-order chi connectivity index (χ1) is 16.4. The van der Waals surface area contributed by atoms with Crippen molar-refractivity contribution < 1.29 is 14.4 Å². The fourth-order valence-corrected chi connectivity index (χ4v) is 5.45. The second kappa shape index (κ2) is 10.1. The molecule has 2 fully saturated rings. The van der Waals surface area contributed by atoms with Crippen LogP contribution in [-0.2, 0) is 27.3 Å². The number of nitrogens with zero attached hydrogens (tertiary/aromatic N) is 3. The van der Waals surface area contributed by atoms with Crippen molar-refractivity contribution in [3.63, 3.8) is 0 Å². The van der Waals surface area contributed by atoms with Crippen LogP contribution >= 0.6 is 12.2 Å². The van der Waals surface area contributed by atoms with Gasteiger partial charge >= 0.3 is 0 Å². The lowest BCUT2D eigenvalue weighted by atomic mass is 10.0. The number of amides is 3. The van der Waals surface area contributed by atoms with Crippen LogP contribution in [0.3, 0.4) is 0 Å². The number of nitrogens with one attached hydrogen (secondary N) is 1. The molecule has 1 N–H and O–H groups in total. The van der Waals surface area contributed by atoms with Crippen molar-refractivity contribution in [3.05, 3.63) is 41.1 Å². The number of benzene rings is 1. The molecule has 1 aromatic heterocycles. The molecule has 3 amide bonds. The molecule has 2 aliphatic rings. The number of aryl methyl sites for hydroxylation is 1. The maximum Gasteiger partial charge on any atom is 0.265 e. The van der Waals surface area contributed by atoms with Crippen molar-refractivity contribution in [1.29, 1.82) is 0 Å². The van der Waals surface area contributed by atoms with Gasteiger partial charge in [0.1, 0.15) is 12.1 Å². The average molecular weight is 481 g/mol. The first kappa shape index (κ1) is 24.1. The number of aromatic nitrogens is 1. The Morgan fingerprint density at radius 2 is 1.74 bits per heavy atom.